The second-order valence-corrected chi connectivity index (χ2v) is 5.48. The molecule has 106 valence electrons. The summed E-state index contributed by atoms with van der Waals surface area (Å²) in [5.41, 5.74) is 2.81. The lowest BCUT2D eigenvalue weighted by Crippen LogP contribution is -3.06. The molecule has 0 saturated heterocycles. The van der Waals surface area contributed by atoms with Gasteiger partial charge in [0.1, 0.15) is 11.4 Å². The molecule has 1 aliphatic carbocycles. The van der Waals surface area contributed by atoms with E-state index in [9.17, 15) is 0 Å². The van der Waals surface area contributed by atoms with E-state index < -0.39 is 0 Å². The van der Waals surface area contributed by atoms with Crippen molar-refractivity contribution < 1.29 is 17.3 Å². The Morgan fingerprint density at radius 3 is 1.55 bits per heavy atom. The van der Waals surface area contributed by atoms with Crippen LogP contribution in [0.4, 0.5) is 11.4 Å². The molecular weight excluding hydrogens is 266 g/mol. The van der Waals surface area contributed by atoms with Gasteiger partial charge in [0.25, 0.3) is 0 Å². The van der Waals surface area contributed by atoms with E-state index in [4.69, 9.17) is 0 Å². The Morgan fingerprint density at radius 1 is 0.650 bits per heavy atom. The Kier molecular flexibility index (Phi) is 5.63. The number of hydrogen-bond donors (Lipinski definition) is 1. The molecule has 0 bridgehead atoms. The minimum atomic E-state index is 0. The van der Waals surface area contributed by atoms with Gasteiger partial charge in [-0.2, -0.15) is 0 Å². The Balaban J connectivity index is 0.00000147. The first kappa shape index (κ1) is 15.1. The summed E-state index contributed by atoms with van der Waals surface area (Å²) >= 11 is 0. The topological polar surface area (TPSA) is 4.44 Å². The summed E-state index contributed by atoms with van der Waals surface area (Å²) in [6.45, 7) is 0. The molecular formula is C18H22ClN. The van der Waals surface area contributed by atoms with E-state index in [1.165, 1.54) is 43.5 Å². The molecule has 0 aliphatic heterocycles. The minimum Gasteiger partial charge on any atom is -1.00 e. The molecule has 1 nitrogen and oxygen atoms in total. The fraction of sp³-hybridized carbons (Fsp3) is 0.333. The molecule has 2 aromatic carbocycles. The standard InChI is InChI=1S/C18H21N.ClH/c1-4-10-16(11-5-1)19(17-12-6-2-7-13-17)18-14-8-3-9-15-18;/h1-2,4-7,10-13,18H,3,8-9,14-15H2;1H. The van der Waals surface area contributed by atoms with Crippen molar-refractivity contribution in [3.8, 4) is 0 Å². The third-order valence-corrected chi connectivity index (χ3v) is 4.18. The molecule has 1 saturated carbocycles. The van der Waals surface area contributed by atoms with Crippen LogP contribution < -0.4 is 17.3 Å². The SMILES string of the molecule is [Cl-].c1ccc([NH+](c2ccccc2)C2CCCCC2)cc1. The molecule has 0 aromatic heterocycles. The van der Waals surface area contributed by atoms with Crippen LogP contribution in [0.5, 0.6) is 0 Å². The number of halogens is 1. The normalized spacial score (nSPS) is 15.8. The zero-order valence-corrected chi connectivity index (χ0v) is 12.5. The molecule has 1 N–H and O–H groups in total. The maximum absolute atomic E-state index is 2.26. The van der Waals surface area contributed by atoms with Crippen LogP contribution in [-0.2, 0) is 0 Å². The summed E-state index contributed by atoms with van der Waals surface area (Å²) in [4.78, 5) is 1.56. The van der Waals surface area contributed by atoms with Gasteiger partial charge in [-0.15, -0.1) is 0 Å². The van der Waals surface area contributed by atoms with Gasteiger partial charge in [-0.3, -0.25) is 4.90 Å². The van der Waals surface area contributed by atoms with Gasteiger partial charge in [-0.25, -0.2) is 0 Å². The maximum Gasteiger partial charge on any atom is 0.136 e. The zero-order valence-electron chi connectivity index (χ0n) is 11.8. The van der Waals surface area contributed by atoms with Gasteiger partial charge in [0.2, 0.25) is 0 Å². The summed E-state index contributed by atoms with van der Waals surface area (Å²) in [6, 6.07) is 22.6. The molecule has 2 heteroatoms. The Hall–Kier alpha value is -1.31. The summed E-state index contributed by atoms with van der Waals surface area (Å²) in [5.74, 6) is 0. The molecule has 0 unspecified atom stereocenters. The lowest BCUT2D eigenvalue weighted by Gasteiger charge is -2.30. The van der Waals surface area contributed by atoms with E-state index in [1.807, 2.05) is 0 Å². The van der Waals surface area contributed by atoms with Crippen molar-refractivity contribution in [3.05, 3.63) is 60.7 Å². The lowest BCUT2D eigenvalue weighted by atomic mass is 9.93. The van der Waals surface area contributed by atoms with Crippen LogP contribution in [0.2, 0.25) is 0 Å². The van der Waals surface area contributed by atoms with Crippen molar-refractivity contribution in [2.24, 2.45) is 0 Å². The first-order valence-corrected chi connectivity index (χ1v) is 7.43. The highest BCUT2D eigenvalue weighted by Gasteiger charge is 2.27. The molecule has 0 amide bonds. The van der Waals surface area contributed by atoms with Crippen molar-refractivity contribution >= 4 is 11.4 Å². The Labute approximate surface area is 128 Å². The van der Waals surface area contributed by atoms with Crippen LogP contribution in [0, 0.1) is 0 Å². The third-order valence-electron chi connectivity index (χ3n) is 4.18. The quantitative estimate of drug-likeness (QED) is 0.855. The number of quaternary nitrogens is 1. The highest BCUT2D eigenvalue weighted by molar-refractivity contribution is 5.37. The van der Waals surface area contributed by atoms with Crippen LogP contribution in [-0.4, -0.2) is 6.04 Å². The fourth-order valence-corrected chi connectivity index (χ4v) is 3.26. The van der Waals surface area contributed by atoms with Crippen molar-refractivity contribution in [2.75, 3.05) is 0 Å². The van der Waals surface area contributed by atoms with Gasteiger partial charge in [-0.1, -0.05) is 42.8 Å². The van der Waals surface area contributed by atoms with Crippen LogP contribution >= 0.6 is 0 Å². The highest BCUT2D eigenvalue weighted by atomic mass is 35.5. The van der Waals surface area contributed by atoms with Crippen LogP contribution in [0.3, 0.4) is 0 Å². The maximum atomic E-state index is 2.26. The number of nitrogens with one attached hydrogen (secondary N) is 1. The zero-order chi connectivity index (χ0) is 12.9. The van der Waals surface area contributed by atoms with Gasteiger partial charge in [0.05, 0.1) is 6.04 Å². The summed E-state index contributed by atoms with van der Waals surface area (Å²) in [7, 11) is 0. The summed E-state index contributed by atoms with van der Waals surface area (Å²) in [5, 5.41) is 0. The third kappa shape index (κ3) is 3.41. The Bertz CT molecular complexity index is 452. The van der Waals surface area contributed by atoms with Gasteiger partial charge in [-0.05, 0) is 37.1 Å². The highest BCUT2D eigenvalue weighted by Crippen LogP contribution is 2.19. The number of benzene rings is 2. The van der Waals surface area contributed by atoms with Crippen LogP contribution in [0.25, 0.3) is 0 Å². The lowest BCUT2D eigenvalue weighted by molar-refractivity contribution is -0.793. The first-order chi connectivity index (χ1) is 9.45. The van der Waals surface area contributed by atoms with Crippen molar-refractivity contribution in [2.45, 2.75) is 38.1 Å². The number of para-hydroxylation sites is 2. The molecule has 0 spiro atoms. The molecule has 1 fully saturated rings. The largest absolute Gasteiger partial charge is 1.00 e. The van der Waals surface area contributed by atoms with Gasteiger partial charge in [0.15, 0.2) is 0 Å². The Morgan fingerprint density at radius 2 is 1.10 bits per heavy atom. The molecule has 0 radical (unpaired) electrons. The molecule has 1 aliphatic rings. The van der Waals surface area contributed by atoms with Gasteiger partial charge in [0, 0.05) is 12.8 Å². The average molecular weight is 288 g/mol. The minimum absolute atomic E-state index is 0. The van der Waals surface area contributed by atoms with Gasteiger partial charge >= 0.3 is 0 Å². The molecule has 3 rings (SSSR count). The van der Waals surface area contributed by atoms with E-state index in [2.05, 4.69) is 60.7 Å². The predicted molar refractivity (Wildman–Crippen MR) is 80.0 cm³/mol. The number of rotatable bonds is 3. The van der Waals surface area contributed by atoms with Crippen molar-refractivity contribution in [1.82, 2.24) is 0 Å². The van der Waals surface area contributed by atoms with Crippen molar-refractivity contribution in [3.63, 3.8) is 0 Å². The van der Waals surface area contributed by atoms with E-state index in [1.54, 1.807) is 4.90 Å². The fourth-order valence-electron chi connectivity index (χ4n) is 3.26. The van der Waals surface area contributed by atoms with Crippen LogP contribution in [0.1, 0.15) is 32.1 Å². The number of hydrogen-bond acceptors (Lipinski definition) is 0. The smallest absolute Gasteiger partial charge is 0.136 e. The molecule has 20 heavy (non-hydrogen) atoms. The van der Waals surface area contributed by atoms with E-state index in [-0.39, 0.29) is 12.4 Å². The summed E-state index contributed by atoms with van der Waals surface area (Å²) in [6.07, 6.45) is 6.87. The van der Waals surface area contributed by atoms with Gasteiger partial charge < -0.3 is 12.4 Å². The second-order valence-electron chi connectivity index (χ2n) is 5.48. The molecule has 0 heterocycles. The van der Waals surface area contributed by atoms with E-state index in [0.29, 0.717) is 0 Å². The van der Waals surface area contributed by atoms with Crippen LogP contribution in [0.15, 0.2) is 60.7 Å². The van der Waals surface area contributed by atoms with E-state index >= 15 is 0 Å². The first-order valence-electron chi connectivity index (χ1n) is 7.43. The molecule has 2 aromatic rings. The van der Waals surface area contributed by atoms with E-state index in [0.717, 1.165) is 6.04 Å². The van der Waals surface area contributed by atoms with Crippen molar-refractivity contribution in [1.29, 1.82) is 0 Å². The predicted octanol–water partition coefficient (Wildman–Crippen LogP) is 0.871. The molecule has 0 atom stereocenters. The monoisotopic (exact) mass is 287 g/mol. The summed E-state index contributed by atoms with van der Waals surface area (Å²) < 4.78 is 0. The second kappa shape index (κ2) is 7.47. The average Bonchev–Trinajstić information content (AvgIpc) is 2.51.